The van der Waals surface area contributed by atoms with Crippen molar-refractivity contribution in [1.29, 1.82) is 0 Å². The van der Waals surface area contributed by atoms with Gasteiger partial charge < -0.3 is 10.4 Å². The number of nitrogens with zero attached hydrogens (tertiary/aromatic N) is 2. The topological polar surface area (TPSA) is 75.1 Å². The standard InChI is InChI=1S/C12H17N3O2/c1-9-13-8-5-10(14-9)15-12(11(16)17)6-3-2-4-7-12/h5,8H,2-4,6-7H2,1H3,(H,16,17)(H,13,14,15). The molecule has 5 heteroatoms. The van der Waals surface area contributed by atoms with Gasteiger partial charge in [-0.1, -0.05) is 19.3 Å². The Morgan fingerprint density at radius 3 is 2.71 bits per heavy atom. The highest BCUT2D eigenvalue weighted by Crippen LogP contribution is 2.31. The van der Waals surface area contributed by atoms with Gasteiger partial charge in [-0.2, -0.15) is 0 Å². The number of rotatable bonds is 3. The van der Waals surface area contributed by atoms with E-state index in [-0.39, 0.29) is 0 Å². The first-order valence-corrected chi connectivity index (χ1v) is 5.94. The second kappa shape index (κ2) is 4.69. The van der Waals surface area contributed by atoms with Crippen LogP contribution in [0, 0.1) is 6.92 Å². The lowest BCUT2D eigenvalue weighted by molar-refractivity contribution is -0.143. The van der Waals surface area contributed by atoms with E-state index in [9.17, 15) is 9.90 Å². The fourth-order valence-corrected chi connectivity index (χ4v) is 2.32. The van der Waals surface area contributed by atoms with Crippen LogP contribution in [0.2, 0.25) is 0 Å². The molecule has 1 aliphatic carbocycles. The zero-order valence-corrected chi connectivity index (χ0v) is 9.94. The smallest absolute Gasteiger partial charge is 0.329 e. The Balaban J connectivity index is 2.20. The summed E-state index contributed by atoms with van der Waals surface area (Å²) in [4.78, 5) is 19.7. The van der Waals surface area contributed by atoms with Gasteiger partial charge in [-0.05, 0) is 25.8 Å². The number of hydrogen-bond donors (Lipinski definition) is 2. The molecule has 1 heterocycles. The van der Waals surface area contributed by atoms with Gasteiger partial charge in [0.25, 0.3) is 0 Å². The number of carboxylic acids is 1. The summed E-state index contributed by atoms with van der Waals surface area (Å²) >= 11 is 0. The van der Waals surface area contributed by atoms with Gasteiger partial charge in [-0.15, -0.1) is 0 Å². The third-order valence-electron chi connectivity index (χ3n) is 3.26. The molecule has 0 aromatic carbocycles. The van der Waals surface area contributed by atoms with Crippen LogP contribution < -0.4 is 5.32 Å². The zero-order chi connectivity index (χ0) is 12.3. The van der Waals surface area contributed by atoms with Crippen molar-refractivity contribution in [1.82, 2.24) is 9.97 Å². The monoisotopic (exact) mass is 235 g/mol. The molecule has 1 aliphatic rings. The lowest BCUT2D eigenvalue weighted by Gasteiger charge is -2.34. The van der Waals surface area contributed by atoms with Crippen LogP contribution in [-0.2, 0) is 4.79 Å². The van der Waals surface area contributed by atoms with Crippen molar-refractivity contribution < 1.29 is 9.90 Å². The van der Waals surface area contributed by atoms with Crippen LogP contribution in [0.15, 0.2) is 12.3 Å². The first kappa shape index (κ1) is 11.8. The van der Waals surface area contributed by atoms with Crippen molar-refractivity contribution in [3.05, 3.63) is 18.1 Å². The maximum atomic E-state index is 11.5. The molecule has 0 unspecified atom stereocenters. The molecule has 1 saturated carbocycles. The largest absolute Gasteiger partial charge is 0.480 e. The van der Waals surface area contributed by atoms with Gasteiger partial charge in [0.1, 0.15) is 17.2 Å². The highest BCUT2D eigenvalue weighted by Gasteiger charge is 2.39. The quantitative estimate of drug-likeness (QED) is 0.838. The Kier molecular flexibility index (Phi) is 3.26. The summed E-state index contributed by atoms with van der Waals surface area (Å²) in [6, 6.07) is 1.71. The van der Waals surface area contributed by atoms with E-state index in [1.165, 1.54) is 0 Å². The van der Waals surface area contributed by atoms with Crippen LogP contribution >= 0.6 is 0 Å². The molecule has 0 bridgehead atoms. The van der Waals surface area contributed by atoms with E-state index in [1.807, 2.05) is 0 Å². The average molecular weight is 235 g/mol. The molecule has 0 atom stereocenters. The predicted octanol–water partition coefficient (Wildman–Crippen LogP) is 1.98. The van der Waals surface area contributed by atoms with Gasteiger partial charge >= 0.3 is 5.97 Å². The van der Waals surface area contributed by atoms with Gasteiger partial charge in [0.15, 0.2) is 0 Å². The van der Waals surface area contributed by atoms with Crippen molar-refractivity contribution in [2.75, 3.05) is 5.32 Å². The van der Waals surface area contributed by atoms with E-state index < -0.39 is 11.5 Å². The lowest BCUT2D eigenvalue weighted by Crippen LogP contribution is -2.48. The molecular formula is C12H17N3O2. The molecule has 1 aromatic rings. The molecule has 1 aromatic heterocycles. The molecule has 5 nitrogen and oxygen atoms in total. The van der Waals surface area contributed by atoms with Crippen molar-refractivity contribution >= 4 is 11.8 Å². The van der Waals surface area contributed by atoms with Crippen molar-refractivity contribution in [3.8, 4) is 0 Å². The summed E-state index contributed by atoms with van der Waals surface area (Å²) in [5.74, 6) is 0.460. The molecule has 0 spiro atoms. The van der Waals surface area contributed by atoms with Crippen molar-refractivity contribution in [2.24, 2.45) is 0 Å². The van der Waals surface area contributed by atoms with Gasteiger partial charge in [0.2, 0.25) is 0 Å². The molecule has 0 aliphatic heterocycles. The Morgan fingerprint density at radius 1 is 1.41 bits per heavy atom. The molecular weight excluding hydrogens is 218 g/mol. The average Bonchev–Trinajstić information content (AvgIpc) is 2.30. The Bertz CT molecular complexity index is 414. The van der Waals surface area contributed by atoms with Crippen LogP contribution in [0.3, 0.4) is 0 Å². The summed E-state index contributed by atoms with van der Waals surface area (Å²) < 4.78 is 0. The van der Waals surface area contributed by atoms with Crippen LogP contribution in [0.5, 0.6) is 0 Å². The number of aliphatic carboxylic acids is 1. The van der Waals surface area contributed by atoms with Crippen LogP contribution in [0.1, 0.15) is 37.9 Å². The number of anilines is 1. The minimum absolute atomic E-state index is 0.599. The minimum atomic E-state index is -0.848. The number of nitrogens with one attached hydrogen (secondary N) is 1. The summed E-state index contributed by atoms with van der Waals surface area (Å²) in [5, 5.41) is 12.5. The lowest BCUT2D eigenvalue weighted by atomic mass is 9.81. The predicted molar refractivity (Wildman–Crippen MR) is 63.8 cm³/mol. The minimum Gasteiger partial charge on any atom is -0.480 e. The van der Waals surface area contributed by atoms with Gasteiger partial charge in [0, 0.05) is 6.20 Å². The van der Waals surface area contributed by atoms with Crippen LogP contribution in [0.25, 0.3) is 0 Å². The summed E-state index contributed by atoms with van der Waals surface area (Å²) in [6.07, 6.45) is 5.96. The molecule has 1 fully saturated rings. The third kappa shape index (κ3) is 2.54. The van der Waals surface area contributed by atoms with Gasteiger partial charge in [0.05, 0.1) is 0 Å². The molecule has 0 saturated heterocycles. The molecule has 2 rings (SSSR count). The highest BCUT2D eigenvalue weighted by atomic mass is 16.4. The third-order valence-corrected chi connectivity index (χ3v) is 3.26. The normalized spacial score (nSPS) is 18.6. The van der Waals surface area contributed by atoms with Gasteiger partial charge in [-0.3, -0.25) is 0 Å². The van der Waals surface area contributed by atoms with Crippen LogP contribution in [0.4, 0.5) is 5.82 Å². The van der Waals surface area contributed by atoms with E-state index in [1.54, 1.807) is 19.2 Å². The molecule has 92 valence electrons. The van der Waals surface area contributed by atoms with E-state index in [2.05, 4.69) is 15.3 Å². The van der Waals surface area contributed by atoms with E-state index >= 15 is 0 Å². The molecule has 2 N–H and O–H groups in total. The van der Waals surface area contributed by atoms with Crippen molar-refractivity contribution in [3.63, 3.8) is 0 Å². The van der Waals surface area contributed by atoms with E-state index in [0.717, 1.165) is 19.3 Å². The zero-order valence-electron chi connectivity index (χ0n) is 9.94. The fraction of sp³-hybridized carbons (Fsp3) is 0.583. The second-order valence-corrected chi connectivity index (χ2v) is 4.56. The Hall–Kier alpha value is -1.65. The summed E-state index contributed by atoms with van der Waals surface area (Å²) in [6.45, 7) is 1.79. The first-order chi connectivity index (χ1) is 8.12. The fourth-order valence-electron chi connectivity index (χ4n) is 2.32. The number of hydrogen-bond acceptors (Lipinski definition) is 4. The number of carbonyl (C=O) groups is 1. The Morgan fingerprint density at radius 2 is 2.12 bits per heavy atom. The number of aromatic nitrogens is 2. The first-order valence-electron chi connectivity index (χ1n) is 5.94. The Labute approximate surface area is 100 Å². The summed E-state index contributed by atoms with van der Waals surface area (Å²) in [7, 11) is 0. The van der Waals surface area contributed by atoms with Crippen molar-refractivity contribution in [2.45, 2.75) is 44.6 Å². The van der Waals surface area contributed by atoms with E-state index in [0.29, 0.717) is 24.5 Å². The number of carboxylic acid groups (broad SMARTS) is 1. The highest BCUT2D eigenvalue weighted by molar-refractivity contribution is 5.82. The summed E-state index contributed by atoms with van der Waals surface area (Å²) in [5.41, 5.74) is -0.848. The maximum absolute atomic E-state index is 11.5. The van der Waals surface area contributed by atoms with E-state index in [4.69, 9.17) is 0 Å². The second-order valence-electron chi connectivity index (χ2n) is 4.56. The van der Waals surface area contributed by atoms with Crippen LogP contribution in [-0.4, -0.2) is 26.6 Å². The molecule has 17 heavy (non-hydrogen) atoms. The number of aryl methyl sites for hydroxylation is 1. The molecule has 0 radical (unpaired) electrons. The maximum Gasteiger partial charge on any atom is 0.329 e. The van der Waals surface area contributed by atoms with Gasteiger partial charge in [-0.25, -0.2) is 14.8 Å². The molecule has 0 amide bonds. The SMILES string of the molecule is Cc1nccc(NC2(C(=O)O)CCCCC2)n1.